The molecule has 4 rings (SSSR count). The zero-order valence-corrected chi connectivity index (χ0v) is 21.8. The van der Waals surface area contributed by atoms with Gasteiger partial charge in [-0.2, -0.15) is 0 Å². The smallest absolute Gasteiger partial charge is 0.233 e. The van der Waals surface area contributed by atoms with E-state index in [2.05, 4.69) is 38.8 Å². The SMILES string of the molecule is COCC(C(=O)N1CC2=C(CN=C2NC(=O)C2([Si](C)(C)C)CCC2)C1(C)C)c1ccccc1. The lowest BCUT2D eigenvalue weighted by molar-refractivity contribution is -0.136. The van der Waals surface area contributed by atoms with Gasteiger partial charge in [-0.25, -0.2) is 0 Å². The highest BCUT2D eigenvalue weighted by Crippen LogP contribution is 2.55. The maximum absolute atomic E-state index is 13.8. The van der Waals surface area contributed by atoms with E-state index < -0.39 is 13.6 Å². The van der Waals surface area contributed by atoms with E-state index in [-0.39, 0.29) is 22.8 Å². The van der Waals surface area contributed by atoms with Crippen molar-refractivity contribution in [2.45, 2.75) is 69.2 Å². The molecule has 2 heterocycles. The Hall–Kier alpha value is -2.25. The van der Waals surface area contributed by atoms with Gasteiger partial charge in [-0.05, 0) is 37.8 Å². The molecular weight excluding hydrogens is 430 g/mol. The van der Waals surface area contributed by atoms with E-state index in [0.29, 0.717) is 25.5 Å². The summed E-state index contributed by atoms with van der Waals surface area (Å²) in [6, 6.07) is 9.82. The van der Waals surface area contributed by atoms with Gasteiger partial charge in [0.2, 0.25) is 11.8 Å². The summed E-state index contributed by atoms with van der Waals surface area (Å²) >= 11 is 0. The zero-order chi connectivity index (χ0) is 24.0. The van der Waals surface area contributed by atoms with Gasteiger partial charge < -0.3 is 15.0 Å². The average Bonchev–Trinajstić information content (AvgIpc) is 3.22. The summed E-state index contributed by atoms with van der Waals surface area (Å²) in [5, 5.41) is 3.00. The third-order valence-electron chi connectivity index (χ3n) is 8.18. The van der Waals surface area contributed by atoms with Crippen LogP contribution in [0.15, 0.2) is 46.5 Å². The van der Waals surface area contributed by atoms with Crippen LogP contribution >= 0.6 is 0 Å². The summed E-state index contributed by atoms with van der Waals surface area (Å²) in [7, 11) is -0.0449. The average molecular weight is 468 g/mol. The van der Waals surface area contributed by atoms with Crippen LogP contribution in [0.2, 0.25) is 24.7 Å². The highest BCUT2D eigenvalue weighted by molar-refractivity contribution is 6.82. The van der Waals surface area contributed by atoms with Crippen LogP contribution in [0, 0.1) is 0 Å². The molecule has 0 bridgehead atoms. The molecule has 1 atom stereocenters. The Bertz CT molecular complexity index is 1000. The highest BCUT2D eigenvalue weighted by Gasteiger charge is 2.54. The van der Waals surface area contributed by atoms with Crippen LogP contribution in [0.5, 0.6) is 0 Å². The van der Waals surface area contributed by atoms with E-state index >= 15 is 0 Å². The molecule has 33 heavy (non-hydrogen) atoms. The molecule has 0 radical (unpaired) electrons. The number of nitrogens with one attached hydrogen (secondary N) is 1. The van der Waals surface area contributed by atoms with Crippen molar-refractivity contribution in [3.8, 4) is 0 Å². The monoisotopic (exact) mass is 467 g/mol. The van der Waals surface area contributed by atoms with Crippen molar-refractivity contribution in [2.75, 3.05) is 26.8 Å². The van der Waals surface area contributed by atoms with Gasteiger partial charge >= 0.3 is 0 Å². The number of hydrogen-bond acceptors (Lipinski definition) is 4. The number of carbonyl (C=O) groups excluding carboxylic acids is 2. The number of ether oxygens (including phenoxy) is 1. The van der Waals surface area contributed by atoms with Crippen LogP contribution < -0.4 is 5.32 Å². The van der Waals surface area contributed by atoms with Crippen LogP contribution in [0.3, 0.4) is 0 Å². The minimum atomic E-state index is -1.68. The van der Waals surface area contributed by atoms with Crippen LogP contribution in [0.25, 0.3) is 0 Å². The quantitative estimate of drug-likeness (QED) is 0.640. The Balaban J connectivity index is 1.55. The Labute approximate surface area is 198 Å². The molecule has 0 aromatic heterocycles. The predicted molar refractivity (Wildman–Crippen MR) is 134 cm³/mol. The van der Waals surface area contributed by atoms with Gasteiger partial charge in [0.25, 0.3) is 0 Å². The number of aliphatic imine (C=N–C) groups is 1. The number of nitrogens with zero attached hydrogens (tertiary/aromatic N) is 2. The summed E-state index contributed by atoms with van der Waals surface area (Å²) in [5.74, 6) is 0.483. The first kappa shape index (κ1) is 23.9. The molecule has 2 amide bonds. The molecule has 0 spiro atoms. The van der Waals surface area contributed by atoms with Crippen molar-refractivity contribution >= 4 is 25.7 Å². The van der Waals surface area contributed by atoms with Crippen LogP contribution in [-0.4, -0.2) is 63.0 Å². The number of amides is 2. The molecule has 1 aromatic carbocycles. The van der Waals surface area contributed by atoms with Gasteiger partial charge in [-0.1, -0.05) is 56.4 Å². The zero-order valence-electron chi connectivity index (χ0n) is 20.8. The first-order chi connectivity index (χ1) is 15.5. The number of benzene rings is 1. The molecule has 6 nitrogen and oxygen atoms in total. The second kappa shape index (κ2) is 8.51. The lowest BCUT2D eigenvalue weighted by Crippen LogP contribution is -2.55. The van der Waals surface area contributed by atoms with E-state index in [1.165, 1.54) is 0 Å². The van der Waals surface area contributed by atoms with E-state index in [1.807, 2.05) is 35.2 Å². The van der Waals surface area contributed by atoms with Crippen molar-refractivity contribution in [1.29, 1.82) is 0 Å². The first-order valence-electron chi connectivity index (χ1n) is 12.0. The van der Waals surface area contributed by atoms with Crippen LogP contribution in [-0.2, 0) is 14.3 Å². The van der Waals surface area contributed by atoms with Gasteiger partial charge in [0.1, 0.15) is 5.84 Å². The molecule has 1 aromatic rings. The maximum atomic E-state index is 13.8. The third kappa shape index (κ3) is 3.89. The van der Waals surface area contributed by atoms with Gasteiger partial charge in [-0.3, -0.25) is 14.6 Å². The van der Waals surface area contributed by atoms with Crippen LogP contribution in [0.1, 0.15) is 44.6 Å². The molecule has 1 aliphatic carbocycles. The number of rotatable bonds is 6. The van der Waals surface area contributed by atoms with E-state index in [9.17, 15) is 9.59 Å². The fourth-order valence-corrected chi connectivity index (χ4v) is 8.23. The Kier molecular flexibility index (Phi) is 6.16. The van der Waals surface area contributed by atoms with Crippen molar-refractivity contribution in [3.63, 3.8) is 0 Å². The fraction of sp³-hybridized carbons (Fsp3) is 0.577. The minimum absolute atomic E-state index is 0.0469. The molecule has 3 aliphatic rings. The van der Waals surface area contributed by atoms with Crippen LogP contribution in [0.4, 0.5) is 0 Å². The largest absolute Gasteiger partial charge is 0.384 e. The predicted octanol–water partition coefficient (Wildman–Crippen LogP) is 4.12. The Morgan fingerprint density at radius 3 is 2.39 bits per heavy atom. The number of hydrogen-bond donors (Lipinski definition) is 1. The number of methoxy groups -OCH3 is 1. The molecule has 7 heteroatoms. The summed E-state index contributed by atoms with van der Waals surface area (Å²) in [6.07, 6.45) is 3.06. The second-order valence-electron chi connectivity index (χ2n) is 11.2. The molecule has 178 valence electrons. The maximum Gasteiger partial charge on any atom is 0.233 e. The summed E-state index contributed by atoms with van der Waals surface area (Å²) < 4.78 is 5.43. The normalized spacial score (nSPS) is 21.9. The van der Waals surface area contributed by atoms with Crippen molar-refractivity contribution < 1.29 is 14.3 Å². The van der Waals surface area contributed by atoms with E-state index in [0.717, 1.165) is 36.0 Å². The molecule has 1 unspecified atom stereocenters. The Morgan fingerprint density at radius 1 is 1.18 bits per heavy atom. The van der Waals surface area contributed by atoms with Gasteiger partial charge in [0.15, 0.2) is 0 Å². The molecule has 2 aliphatic heterocycles. The lowest BCUT2D eigenvalue weighted by atomic mass is 9.83. The third-order valence-corrected chi connectivity index (χ3v) is 11.8. The first-order valence-corrected chi connectivity index (χ1v) is 15.5. The van der Waals surface area contributed by atoms with Crippen molar-refractivity contribution in [3.05, 3.63) is 47.0 Å². The standard InChI is InChI=1S/C26H37N3O3Si/c1-25(2)21-15-27-22(28-24(31)26(13-10-14-26)33(4,5)6)19(21)16-29(25)23(30)20(17-32-3)18-11-8-7-9-12-18/h7-9,11-12,20H,10,13-17H2,1-6H3,(H,27,28,31). The number of amidine groups is 1. The molecule has 1 fully saturated rings. The summed E-state index contributed by atoms with van der Waals surface area (Å²) in [6.45, 7) is 12.3. The minimum Gasteiger partial charge on any atom is -0.384 e. The molecule has 0 saturated heterocycles. The fourth-order valence-electron chi connectivity index (χ4n) is 5.64. The molecular formula is C26H37N3O3Si. The second-order valence-corrected chi connectivity index (χ2v) is 16.6. The van der Waals surface area contributed by atoms with E-state index in [4.69, 9.17) is 9.73 Å². The van der Waals surface area contributed by atoms with Gasteiger partial charge in [-0.15, -0.1) is 0 Å². The highest BCUT2D eigenvalue weighted by atomic mass is 28.3. The summed E-state index contributed by atoms with van der Waals surface area (Å²) in [5.41, 5.74) is 2.63. The van der Waals surface area contributed by atoms with Gasteiger partial charge in [0.05, 0.1) is 39.2 Å². The molecule has 1 saturated carbocycles. The Morgan fingerprint density at radius 2 is 1.85 bits per heavy atom. The van der Waals surface area contributed by atoms with E-state index in [1.54, 1.807) is 7.11 Å². The number of carbonyl (C=O) groups is 2. The summed E-state index contributed by atoms with van der Waals surface area (Å²) in [4.78, 5) is 33.8. The lowest BCUT2D eigenvalue weighted by Gasteiger charge is -2.49. The van der Waals surface area contributed by atoms with Crippen molar-refractivity contribution in [1.82, 2.24) is 10.2 Å². The van der Waals surface area contributed by atoms with Gasteiger partial charge in [0, 0.05) is 17.7 Å². The van der Waals surface area contributed by atoms with Crippen molar-refractivity contribution in [2.24, 2.45) is 4.99 Å². The molecule has 1 N–H and O–H groups in total. The topological polar surface area (TPSA) is 71.0 Å².